The van der Waals surface area contributed by atoms with Gasteiger partial charge < -0.3 is 19.3 Å². The van der Waals surface area contributed by atoms with E-state index in [0.717, 1.165) is 42.8 Å². The third kappa shape index (κ3) is 4.96. The van der Waals surface area contributed by atoms with Crippen LogP contribution >= 0.6 is 12.4 Å². The maximum atomic E-state index is 5.79. The van der Waals surface area contributed by atoms with Crippen LogP contribution < -0.4 is 10.1 Å². The SMILES string of the molecule is COCC1(c2nc(-c3ccc(COc4ccccc4)cc3)no2)CCNCC1.Cl. The van der Waals surface area contributed by atoms with E-state index < -0.39 is 0 Å². The zero-order chi connectivity index (χ0) is 19.2. The van der Waals surface area contributed by atoms with Crippen LogP contribution in [0.2, 0.25) is 0 Å². The largest absolute Gasteiger partial charge is 0.489 e. The van der Waals surface area contributed by atoms with Gasteiger partial charge in [0.1, 0.15) is 12.4 Å². The lowest BCUT2D eigenvalue weighted by molar-refractivity contribution is 0.0850. The highest BCUT2D eigenvalue weighted by atomic mass is 35.5. The molecule has 1 aromatic heterocycles. The van der Waals surface area contributed by atoms with Crippen LogP contribution in [0.4, 0.5) is 0 Å². The minimum absolute atomic E-state index is 0. The van der Waals surface area contributed by atoms with E-state index in [-0.39, 0.29) is 17.8 Å². The van der Waals surface area contributed by atoms with Gasteiger partial charge in [0.25, 0.3) is 0 Å². The van der Waals surface area contributed by atoms with Crippen LogP contribution in [0.1, 0.15) is 24.3 Å². The summed E-state index contributed by atoms with van der Waals surface area (Å²) in [6, 6.07) is 17.9. The summed E-state index contributed by atoms with van der Waals surface area (Å²) in [6.45, 7) is 2.96. The molecular formula is C22H26ClN3O3. The molecular weight excluding hydrogens is 390 g/mol. The third-order valence-corrected chi connectivity index (χ3v) is 5.22. The lowest BCUT2D eigenvalue weighted by atomic mass is 9.79. The summed E-state index contributed by atoms with van der Waals surface area (Å²) >= 11 is 0. The monoisotopic (exact) mass is 415 g/mol. The molecule has 0 radical (unpaired) electrons. The average Bonchev–Trinajstić information content (AvgIpc) is 3.25. The smallest absolute Gasteiger partial charge is 0.235 e. The molecule has 0 spiro atoms. The molecule has 154 valence electrons. The molecule has 0 atom stereocenters. The minimum atomic E-state index is -0.200. The number of ether oxygens (including phenoxy) is 2. The van der Waals surface area contributed by atoms with E-state index in [1.165, 1.54) is 0 Å². The van der Waals surface area contributed by atoms with E-state index in [2.05, 4.69) is 10.5 Å². The summed E-state index contributed by atoms with van der Waals surface area (Å²) in [4.78, 5) is 4.70. The Hall–Kier alpha value is -2.41. The molecule has 7 heteroatoms. The second-order valence-corrected chi connectivity index (χ2v) is 7.19. The Morgan fingerprint density at radius 1 is 1.03 bits per heavy atom. The fourth-order valence-corrected chi connectivity index (χ4v) is 3.59. The number of aromatic nitrogens is 2. The highest BCUT2D eigenvalue weighted by molar-refractivity contribution is 5.85. The number of nitrogens with zero attached hydrogens (tertiary/aromatic N) is 2. The predicted molar refractivity (Wildman–Crippen MR) is 113 cm³/mol. The lowest BCUT2D eigenvalue weighted by Crippen LogP contribution is -2.43. The van der Waals surface area contributed by atoms with E-state index in [1.807, 2.05) is 54.6 Å². The Morgan fingerprint density at radius 3 is 2.45 bits per heavy atom. The zero-order valence-corrected chi connectivity index (χ0v) is 17.3. The number of nitrogens with one attached hydrogen (secondary N) is 1. The second-order valence-electron chi connectivity index (χ2n) is 7.19. The number of piperidine rings is 1. The number of rotatable bonds is 7. The van der Waals surface area contributed by atoms with Crippen molar-refractivity contribution >= 4 is 12.4 Å². The van der Waals surface area contributed by atoms with Crippen molar-refractivity contribution in [2.75, 3.05) is 26.8 Å². The van der Waals surface area contributed by atoms with Crippen molar-refractivity contribution < 1.29 is 14.0 Å². The number of hydrogen-bond acceptors (Lipinski definition) is 6. The molecule has 1 aliphatic rings. The van der Waals surface area contributed by atoms with Crippen molar-refractivity contribution in [2.24, 2.45) is 0 Å². The van der Waals surface area contributed by atoms with Gasteiger partial charge in [-0.3, -0.25) is 0 Å². The van der Waals surface area contributed by atoms with Crippen molar-refractivity contribution in [1.82, 2.24) is 15.5 Å². The highest BCUT2D eigenvalue weighted by Crippen LogP contribution is 2.33. The fourth-order valence-electron chi connectivity index (χ4n) is 3.59. The normalized spacial score (nSPS) is 15.5. The molecule has 2 aromatic carbocycles. The first kappa shape index (κ1) is 21.3. The summed E-state index contributed by atoms with van der Waals surface area (Å²) in [7, 11) is 1.72. The number of para-hydroxylation sites is 1. The number of methoxy groups -OCH3 is 1. The number of benzene rings is 2. The van der Waals surface area contributed by atoms with E-state index in [9.17, 15) is 0 Å². The summed E-state index contributed by atoms with van der Waals surface area (Å²) in [5.74, 6) is 2.14. The Kier molecular flexibility index (Phi) is 7.25. The molecule has 4 rings (SSSR count). The number of hydrogen-bond donors (Lipinski definition) is 1. The Bertz CT molecular complexity index is 872. The molecule has 1 N–H and O–H groups in total. The van der Waals surface area contributed by atoms with Gasteiger partial charge in [-0.05, 0) is 43.6 Å². The van der Waals surface area contributed by atoms with Crippen molar-refractivity contribution in [1.29, 1.82) is 0 Å². The van der Waals surface area contributed by atoms with Gasteiger partial charge >= 0.3 is 0 Å². The van der Waals surface area contributed by atoms with Gasteiger partial charge in [-0.15, -0.1) is 12.4 Å². The summed E-state index contributed by atoms with van der Waals surface area (Å²) in [5, 5.41) is 7.60. The van der Waals surface area contributed by atoms with Crippen molar-refractivity contribution in [2.45, 2.75) is 24.9 Å². The summed E-state index contributed by atoms with van der Waals surface area (Å²) < 4.78 is 16.9. The van der Waals surface area contributed by atoms with Gasteiger partial charge in [0.15, 0.2) is 0 Å². The first-order chi connectivity index (χ1) is 13.8. The molecule has 29 heavy (non-hydrogen) atoms. The predicted octanol–water partition coefficient (Wildman–Crippen LogP) is 4.01. The van der Waals surface area contributed by atoms with Crippen LogP contribution in [-0.4, -0.2) is 36.9 Å². The molecule has 1 fully saturated rings. The molecule has 1 saturated heterocycles. The first-order valence-corrected chi connectivity index (χ1v) is 9.60. The van der Waals surface area contributed by atoms with Gasteiger partial charge in [-0.25, -0.2) is 0 Å². The molecule has 2 heterocycles. The molecule has 0 amide bonds. The maximum absolute atomic E-state index is 5.79. The molecule has 0 unspecified atom stereocenters. The quantitative estimate of drug-likeness (QED) is 0.628. The Labute approximate surface area is 177 Å². The van der Waals surface area contributed by atoms with Gasteiger partial charge in [0.05, 0.1) is 12.0 Å². The standard InChI is InChI=1S/C22H25N3O3.ClH/c1-26-16-22(11-13-23-14-12-22)21-24-20(25-28-21)18-9-7-17(8-10-18)15-27-19-5-3-2-4-6-19;/h2-10,23H,11-16H2,1H3;1H. The van der Waals surface area contributed by atoms with Crippen LogP contribution in [0.25, 0.3) is 11.4 Å². The fraction of sp³-hybridized carbons (Fsp3) is 0.364. The second kappa shape index (κ2) is 9.87. The van der Waals surface area contributed by atoms with Gasteiger partial charge in [-0.1, -0.05) is 47.6 Å². The molecule has 6 nitrogen and oxygen atoms in total. The first-order valence-electron chi connectivity index (χ1n) is 9.60. The molecule has 0 saturated carbocycles. The zero-order valence-electron chi connectivity index (χ0n) is 16.5. The minimum Gasteiger partial charge on any atom is -0.489 e. The van der Waals surface area contributed by atoms with Crippen LogP contribution in [0.5, 0.6) is 5.75 Å². The topological polar surface area (TPSA) is 69.4 Å². The average molecular weight is 416 g/mol. The van der Waals surface area contributed by atoms with E-state index in [4.69, 9.17) is 19.0 Å². The number of halogens is 1. The van der Waals surface area contributed by atoms with E-state index >= 15 is 0 Å². The van der Waals surface area contributed by atoms with Gasteiger partial charge in [-0.2, -0.15) is 4.98 Å². The molecule has 0 bridgehead atoms. The Balaban J connectivity index is 0.00000240. The lowest BCUT2D eigenvalue weighted by Gasteiger charge is -2.33. The van der Waals surface area contributed by atoms with Gasteiger partial charge in [0.2, 0.25) is 11.7 Å². The van der Waals surface area contributed by atoms with Crippen LogP contribution in [0.15, 0.2) is 59.1 Å². The van der Waals surface area contributed by atoms with E-state index in [1.54, 1.807) is 7.11 Å². The maximum Gasteiger partial charge on any atom is 0.235 e. The van der Waals surface area contributed by atoms with E-state index in [0.29, 0.717) is 24.9 Å². The van der Waals surface area contributed by atoms with Crippen molar-refractivity contribution in [3.63, 3.8) is 0 Å². The van der Waals surface area contributed by atoms with Crippen molar-refractivity contribution in [3.05, 3.63) is 66.1 Å². The van der Waals surface area contributed by atoms with Crippen LogP contribution in [-0.2, 0) is 16.8 Å². The Morgan fingerprint density at radius 2 is 1.76 bits per heavy atom. The highest BCUT2D eigenvalue weighted by Gasteiger charge is 2.39. The van der Waals surface area contributed by atoms with Gasteiger partial charge in [0, 0.05) is 12.7 Å². The molecule has 3 aromatic rings. The molecule has 0 aliphatic carbocycles. The summed E-state index contributed by atoms with van der Waals surface area (Å²) in [5.41, 5.74) is 1.82. The van der Waals surface area contributed by atoms with Crippen molar-refractivity contribution in [3.8, 4) is 17.1 Å². The van der Waals surface area contributed by atoms with Crippen LogP contribution in [0.3, 0.4) is 0 Å². The molecule has 1 aliphatic heterocycles. The third-order valence-electron chi connectivity index (χ3n) is 5.22. The van der Waals surface area contributed by atoms with Crippen LogP contribution in [0, 0.1) is 0 Å². The summed E-state index contributed by atoms with van der Waals surface area (Å²) in [6.07, 6.45) is 1.86.